The summed E-state index contributed by atoms with van der Waals surface area (Å²) in [7, 11) is 0. The molecule has 0 atom stereocenters. The molecule has 2 heterocycles. The van der Waals surface area contributed by atoms with E-state index in [2.05, 4.69) is 30.9 Å². The Labute approximate surface area is 115 Å². The molecule has 0 aliphatic carbocycles. The molecule has 0 bridgehead atoms. The Morgan fingerprint density at radius 3 is 2.63 bits per heavy atom. The van der Waals surface area contributed by atoms with E-state index in [1.165, 1.54) is 6.20 Å². The third-order valence-corrected chi connectivity index (χ3v) is 3.39. The third kappa shape index (κ3) is 3.29. The maximum Gasteiger partial charge on any atom is 0.347 e. The molecule has 2 aromatic heterocycles. The van der Waals surface area contributed by atoms with Gasteiger partial charge in [0.15, 0.2) is 0 Å². The van der Waals surface area contributed by atoms with E-state index in [0.29, 0.717) is 5.01 Å². The number of hydrogen-bond donors (Lipinski definition) is 1. The van der Waals surface area contributed by atoms with E-state index in [4.69, 9.17) is 5.11 Å². The monoisotopic (exact) mass is 277 g/mol. The van der Waals surface area contributed by atoms with E-state index < -0.39 is 5.97 Å². The Morgan fingerprint density at radius 2 is 2.11 bits per heavy atom. The van der Waals surface area contributed by atoms with Crippen LogP contribution in [-0.2, 0) is 5.54 Å². The summed E-state index contributed by atoms with van der Waals surface area (Å²) < 4.78 is 1.89. The van der Waals surface area contributed by atoms with Gasteiger partial charge in [0.05, 0.1) is 17.9 Å². The Balaban J connectivity index is 2.14. The van der Waals surface area contributed by atoms with Gasteiger partial charge in [0, 0.05) is 11.8 Å². The predicted molar refractivity (Wildman–Crippen MR) is 75.2 cm³/mol. The fraction of sp³-hybridized carbons (Fsp3) is 0.308. The molecule has 2 rings (SSSR count). The van der Waals surface area contributed by atoms with Crippen molar-refractivity contribution in [1.29, 1.82) is 0 Å². The number of carboxylic acids is 1. The van der Waals surface area contributed by atoms with Crippen molar-refractivity contribution in [3.8, 4) is 0 Å². The number of thiazole rings is 1. The molecule has 0 unspecified atom stereocenters. The molecule has 0 aromatic carbocycles. The lowest BCUT2D eigenvalue weighted by atomic mass is 10.1. The number of carbonyl (C=O) groups is 1. The Morgan fingerprint density at radius 1 is 1.37 bits per heavy atom. The van der Waals surface area contributed by atoms with E-state index in [9.17, 15) is 4.79 Å². The molecule has 0 spiro atoms. The summed E-state index contributed by atoms with van der Waals surface area (Å²) in [5.41, 5.74) is 0.908. The lowest BCUT2D eigenvalue weighted by Gasteiger charge is -2.18. The van der Waals surface area contributed by atoms with E-state index in [1.54, 1.807) is 12.3 Å². The Hall–Kier alpha value is -1.95. The van der Waals surface area contributed by atoms with Crippen LogP contribution in [0.5, 0.6) is 0 Å². The minimum absolute atomic E-state index is 0.0518. The number of aromatic nitrogens is 3. The Bertz CT molecular complexity index is 620. The molecule has 19 heavy (non-hydrogen) atoms. The minimum Gasteiger partial charge on any atom is -0.477 e. The SMILES string of the molecule is CC(C)(C)n1cc(/C=C\c2ncc(C(=O)O)s2)cn1. The van der Waals surface area contributed by atoms with Gasteiger partial charge in [-0.3, -0.25) is 4.68 Å². The van der Waals surface area contributed by atoms with Gasteiger partial charge in [-0.15, -0.1) is 11.3 Å². The zero-order valence-corrected chi connectivity index (χ0v) is 11.8. The van der Waals surface area contributed by atoms with Crippen molar-refractivity contribution in [2.45, 2.75) is 26.3 Å². The molecule has 0 radical (unpaired) electrons. The maximum absolute atomic E-state index is 10.7. The van der Waals surface area contributed by atoms with Crippen LogP contribution in [0.4, 0.5) is 0 Å². The lowest BCUT2D eigenvalue weighted by Crippen LogP contribution is -2.21. The smallest absolute Gasteiger partial charge is 0.347 e. The topological polar surface area (TPSA) is 68.0 Å². The normalized spacial score (nSPS) is 12.2. The van der Waals surface area contributed by atoms with Crippen molar-refractivity contribution >= 4 is 29.5 Å². The second-order valence-corrected chi connectivity index (χ2v) is 6.15. The average molecular weight is 277 g/mol. The van der Waals surface area contributed by atoms with E-state index >= 15 is 0 Å². The first-order valence-electron chi connectivity index (χ1n) is 5.78. The number of carboxylic acid groups (broad SMARTS) is 1. The van der Waals surface area contributed by atoms with Gasteiger partial charge in [0.2, 0.25) is 0 Å². The molecule has 0 amide bonds. The molecule has 0 saturated carbocycles. The van der Waals surface area contributed by atoms with Gasteiger partial charge in [-0.2, -0.15) is 5.10 Å². The largest absolute Gasteiger partial charge is 0.477 e. The standard InChI is InChI=1S/C13H15N3O2S/c1-13(2,3)16-8-9(6-15-16)4-5-11-14-7-10(19-11)12(17)18/h4-8H,1-3H3,(H,17,18)/b5-4-. The summed E-state index contributed by atoms with van der Waals surface area (Å²) in [6, 6.07) is 0. The summed E-state index contributed by atoms with van der Waals surface area (Å²) in [4.78, 5) is 15.0. The fourth-order valence-corrected chi connectivity index (χ4v) is 2.08. The predicted octanol–water partition coefficient (Wildman–Crippen LogP) is 2.96. The Kier molecular flexibility index (Phi) is 3.53. The average Bonchev–Trinajstić information content (AvgIpc) is 2.95. The van der Waals surface area contributed by atoms with Gasteiger partial charge in [-0.1, -0.05) is 0 Å². The van der Waals surface area contributed by atoms with Crippen molar-refractivity contribution in [3.05, 3.63) is 34.0 Å². The van der Waals surface area contributed by atoms with E-state index in [0.717, 1.165) is 16.9 Å². The van der Waals surface area contributed by atoms with Gasteiger partial charge in [-0.25, -0.2) is 9.78 Å². The highest BCUT2D eigenvalue weighted by atomic mass is 32.1. The van der Waals surface area contributed by atoms with E-state index in [1.807, 2.05) is 17.0 Å². The zero-order valence-electron chi connectivity index (χ0n) is 11.0. The highest BCUT2D eigenvalue weighted by molar-refractivity contribution is 7.14. The van der Waals surface area contributed by atoms with Gasteiger partial charge >= 0.3 is 5.97 Å². The van der Waals surface area contributed by atoms with Crippen LogP contribution in [0.2, 0.25) is 0 Å². The van der Waals surface area contributed by atoms with Gasteiger partial charge < -0.3 is 5.11 Å². The van der Waals surface area contributed by atoms with Gasteiger partial charge in [-0.05, 0) is 32.9 Å². The highest BCUT2D eigenvalue weighted by Crippen LogP contribution is 2.17. The molecule has 2 aromatic rings. The fourth-order valence-electron chi connectivity index (χ4n) is 1.42. The summed E-state index contributed by atoms with van der Waals surface area (Å²) in [5.74, 6) is -0.947. The molecule has 100 valence electrons. The van der Waals surface area contributed by atoms with Crippen LogP contribution in [0, 0.1) is 0 Å². The van der Waals surface area contributed by atoms with Crippen LogP contribution in [-0.4, -0.2) is 25.8 Å². The second kappa shape index (κ2) is 4.97. The van der Waals surface area contributed by atoms with Gasteiger partial charge in [0.1, 0.15) is 9.88 Å². The first-order chi connectivity index (χ1) is 8.86. The summed E-state index contributed by atoms with van der Waals surface area (Å²) in [6.07, 6.45) is 8.75. The number of rotatable bonds is 3. The van der Waals surface area contributed by atoms with Crippen LogP contribution in [0.3, 0.4) is 0 Å². The van der Waals surface area contributed by atoms with E-state index in [-0.39, 0.29) is 10.4 Å². The summed E-state index contributed by atoms with van der Waals surface area (Å²) in [6.45, 7) is 6.23. The van der Waals surface area contributed by atoms with Gasteiger partial charge in [0.25, 0.3) is 0 Å². The highest BCUT2D eigenvalue weighted by Gasteiger charge is 2.13. The molecule has 0 aliphatic rings. The first kappa shape index (κ1) is 13.5. The van der Waals surface area contributed by atoms with Crippen LogP contribution in [0.1, 0.15) is 41.0 Å². The van der Waals surface area contributed by atoms with Crippen molar-refractivity contribution in [3.63, 3.8) is 0 Å². The minimum atomic E-state index is -0.947. The molecule has 1 N–H and O–H groups in total. The van der Waals surface area contributed by atoms with Crippen LogP contribution in [0.25, 0.3) is 12.2 Å². The summed E-state index contributed by atoms with van der Waals surface area (Å²) in [5, 5.41) is 13.8. The van der Waals surface area contributed by atoms with Crippen molar-refractivity contribution in [2.24, 2.45) is 0 Å². The van der Waals surface area contributed by atoms with Crippen molar-refractivity contribution in [2.75, 3.05) is 0 Å². The summed E-state index contributed by atoms with van der Waals surface area (Å²) >= 11 is 1.15. The molecular weight excluding hydrogens is 262 g/mol. The quantitative estimate of drug-likeness (QED) is 0.936. The molecule has 6 heteroatoms. The molecular formula is C13H15N3O2S. The number of nitrogens with zero attached hydrogens (tertiary/aromatic N) is 3. The van der Waals surface area contributed by atoms with Crippen LogP contribution in [0.15, 0.2) is 18.6 Å². The maximum atomic E-state index is 10.7. The van der Waals surface area contributed by atoms with Crippen molar-refractivity contribution < 1.29 is 9.90 Å². The van der Waals surface area contributed by atoms with Crippen molar-refractivity contribution in [1.82, 2.24) is 14.8 Å². The molecule has 0 fully saturated rings. The second-order valence-electron chi connectivity index (χ2n) is 5.09. The lowest BCUT2D eigenvalue weighted by molar-refractivity contribution is 0.0702. The third-order valence-electron chi connectivity index (χ3n) is 2.44. The first-order valence-corrected chi connectivity index (χ1v) is 6.60. The molecule has 0 saturated heterocycles. The molecule has 0 aliphatic heterocycles. The zero-order chi connectivity index (χ0) is 14.0. The molecule has 5 nitrogen and oxygen atoms in total. The number of hydrogen-bond acceptors (Lipinski definition) is 4. The number of aromatic carboxylic acids is 1. The van der Waals surface area contributed by atoms with Crippen LogP contribution < -0.4 is 0 Å². The van der Waals surface area contributed by atoms with Crippen LogP contribution >= 0.6 is 11.3 Å².